The lowest BCUT2D eigenvalue weighted by Gasteiger charge is -2.06. The maximum Gasteiger partial charge on any atom is 0.254 e. The lowest BCUT2D eigenvalue weighted by molar-refractivity contribution is 0.0949. The zero-order chi connectivity index (χ0) is 14.3. The van der Waals surface area contributed by atoms with E-state index in [1.54, 1.807) is 13.0 Å². The van der Waals surface area contributed by atoms with E-state index in [1.165, 1.54) is 12.1 Å². The minimum absolute atomic E-state index is 0.0523. The van der Waals surface area contributed by atoms with Gasteiger partial charge in [-0.05, 0) is 31.9 Å². The first-order chi connectivity index (χ1) is 9.04. The van der Waals surface area contributed by atoms with Crippen LogP contribution in [0.15, 0.2) is 23.4 Å². The summed E-state index contributed by atoms with van der Waals surface area (Å²) in [6.45, 7) is 2.22. The molecule has 0 heterocycles. The summed E-state index contributed by atoms with van der Waals surface area (Å²) in [5.41, 5.74) is 6.19. The van der Waals surface area contributed by atoms with Crippen LogP contribution in [0.1, 0.15) is 35.2 Å². The number of hydrogen-bond donors (Lipinski definition) is 3. The van der Waals surface area contributed by atoms with Crippen molar-refractivity contribution < 1.29 is 14.4 Å². The molecule has 0 atom stereocenters. The second-order valence-electron chi connectivity index (χ2n) is 4.29. The molecule has 0 aliphatic heterocycles. The van der Waals surface area contributed by atoms with E-state index in [9.17, 15) is 9.18 Å². The average Bonchev–Trinajstić information content (AvgIpc) is 2.40. The molecule has 0 spiro atoms. The molecular weight excluding hydrogens is 249 g/mol. The number of hydrogen-bond acceptors (Lipinski definition) is 3. The number of amidine groups is 1. The smallest absolute Gasteiger partial charge is 0.254 e. The predicted molar refractivity (Wildman–Crippen MR) is 70.7 cm³/mol. The molecular formula is C13H18FN3O2. The first-order valence-corrected chi connectivity index (χ1v) is 6.05. The number of rotatable bonds is 6. The van der Waals surface area contributed by atoms with Crippen LogP contribution in [0.3, 0.4) is 0 Å². The Morgan fingerprint density at radius 3 is 2.89 bits per heavy atom. The molecule has 5 nitrogen and oxygen atoms in total. The molecule has 104 valence electrons. The maximum absolute atomic E-state index is 13.4. The zero-order valence-corrected chi connectivity index (χ0v) is 10.8. The lowest BCUT2D eigenvalue weighted by Crippen LogP contribution is -2.25. The first-order valence-electron chi connectivity index (χ1n) is 6.05. The number of nitrogens with zero attached hydrogens (tertiary/aromatic N) is 1. The van der Waals surface area contributed by atoms with Crippen molar-refractivity contribution in [3.63, 3.8) is 0 Å². The van der Waals surface area contributed by atoms with Gasteiger partial charge in [0, 0.05) is 13.0 Å². The fourth-order valence-electron chi connectivity index (χ4n) is 1.59. The van der Waals surface area contributed by atoms with Crippen LogP contribution in [0.5, 0.6) is 0 Å². The van der Waals surface area contributed by atoms with Crippen LogP contribution in [0.25, 0.3) is 0 Å². The number of nitrogens with two attached hydrogens (primary N) is 1. The van der Waals surface area contributed by atoms with Gasteiger partial charge in [-0.15, -0.1) is 0 Å². The number of aryl methyl sites for hydroxylation is 1. The third-order valence-electron chi connectivity index (χ3n) is 2.64. The monoisotopic (exact) mass is 267 g/mol. The van der Waals surface area contributed by atoms with Gasteiger partial charge in [-0.1, -0.05) is 16.8 Å². The second-order valence-corrected chi connectivity index (χ2v) is 4.29. The van der Waals surface area contributed by atoms with Crippen molar-refractivity contribution in [2.75, 3.05) is 6.54 Å². The molecule has 1 amide bonds. The number of benzene rings is 1. The van der Waals surface area contributed by atoms with Crippen molar-refractivity contribution in [1.29, 1.82) is 0 Å². The third kappa shape index (κ3) is 4.95. The Labute approximate surface area is 111 Å². The van der Waals surface area contributed by atoms with Gasteiger partial charge in [0.1, 0.15) is 11.7 Å². The number of halogens is 1. The number of nitrogens with one attached hydrogen (secondary N) is 1. The fourth-order valence-corrected chi connectivity index (χ4v) is 1.59. The summed E-state index contributed by atoms with van der Waals surface area (Å²) in [7, 11) is 0. The van der Waals surface area contributed by atoms with E-state index in [0.717, 1.165) is 5.56 Å². The van der Waals surface area contributed by atoms with E-state index in [-0.39, 0.29) is 11.4 Å². The molecule has 6 heteroatoms. The van der Waals surface area contributed by atoms with Gasteiger partial charge in [-0.2, -0.15) is 0 Å². The third-order valence-corrected chi connectivity index (χ3v) is 2.64. The molecule has 4 N–H and O–H groups in total. The molecule has 1 aromatic carbocycles. The Morgan fingerprint density at radius 1 is 1.47 bits per heavy atom. The van der Waals surface area contributed by atoms with Crippen LogP contribution < -0.4 is 11.1 Å². The number of amides is 1. The Morgan fingerprint density at radius 2 is 2.21 bits per heavy atom. The first kappa shape index (κ1) is 14.9. The van der Waals surface area contributed by atoms with E-state index in [4.69, 9.17) is 10.9 Å². The summed E-state index contributed by atoms with van der Waals surface area (Å²) < 4.78 is 13.4. The molecule has 0 bridgehead atoms. The largest absolute Gasteiger partial charge is 0.409 e. The van der Waals surface area contributed by atoms with Gasteiger partial charge in [0.05, 0.1) is 5.56 Å². The van der Waals surface area contributed by atoms with Crippen LogP contribution in [-0.2, 0) is 0 Å². The topological polar surface area (TPSA) is 87.7 Å². The number of unbranched alkanes of at least 4 members (excludes halogenated alkanes) is 1. The number of oxime groups is 1. The van der Waals surface area contributed by atoms with Crippen molar-refractivity contribution in [3.8, 4) is 0 Å². The Hall–Kier alpha value is -2.11. The van der Waals surface area contributed by atoms with Gasteiger partial charge < -0.3 is 16.3 Å². The molecule has 0 aliphatic carbocycles. The summed E-state index contributed by atoms with van der Waals surface area (Å²) >= 11 is 0. The quantitative estimate of drug-likeness (QED) is 0.241. The summed E-state index contributed by atoms with van der Waals surface area (Å²) in [5.74, 6) is -0.791. The van der Waals surface area contributed by atoms with Crippen LogP contribution in [0, 0.1) is 12.7 Å². The van der Waals surface area contributed by atoms with E-state index < -0.39 is 11.7 Å². The van der Waals surface area contributed by atoms with Crippen LogP contribution in [0.2, 0.25) is 0 Å². The standard InChI is InChI=1S/C13H18FN3O2/c1-9-5-6-11(14)10(8-9)13(18)16-7-3-2-4-12(15)17-19/h5-6,8,19H,2-4,7H2,1H3,(H2,15,17)(H,16,18). The Bertz CT molecular complexity index is 475. The van der Waals surface area contributed by atoms with Gasteiger partial charge in [-0.25, -0.2) is 4.39 Å². The molecule has 0 unspecified atom stereocenters. The zero-order valence-electron chi connectivity index (χ0n) is 10.8. The van der Waals surface area contributed by atoms with Gasteiger partial charge >= 0.3 is 0 Å². The van der Waals surface area contributed by atoms with Crippen molar-refractivity contribution in [2.24, 2.45) is 10.9 Å². The van der Waals surface area contributed by atoms with E-state index in [2.05, 4.69) is 10.5 Å². The molecule has 0 radical (unpaired) electrons. The molecule has 0 saturated heterocycles. The summed E-state index contributed by atoms with van der Waals surface area (Å²) in [5, 5.41) is 13.8. The van der Waals surface area contributed by atoms with Crippen molar-refractivity contribution in [1.82, 2.24) is 5.32 Å². The van der Waals surface area contributed by atoms with Crippen LogP contribution in [0.4, 0.5) is 4.39 Å². The highest BCUT2D eigenvalue weighted by atomic mass is 19.1. The summed E-state index contributed by atoms with van der Waals surface area (Å²) in [4.78, 5) is 11.7. The van der Waals surface area contributed by atoms with E-state index in [0.29, 0.717) is 25.8 Å². The normalized spacial score (nSPS) is 11.4. The molecule has 0 aromatic heterocycles. The number of carbonyl (C=O) groups is 1. The molecule has 1 rings (SSSR count). The maximum atomic E-state index is 13.4. The van der Waals surface area contributed by atoms with Gasteiger partial charge in [0.15, 0.2) is 0 Å². The summed E-state index contributed by atoms with van der Waals surface area (Å²) in [6, 6.07) is 4.41. The van der Waals surface area contributed by atoms with Gasteiger partial charge in [0.2, 0.25) is 0 Å². The van der Waals surface area contributed by atoms with Crippen molar-refractivity contribution in [2.45, 2.75) is 26.2 Å². The van der Waals surface area contributed by atoms with E-state index in [1.807, 2.05) is 0 Å². The molecule has 0 aliphatic rings. The Balaban J connectivity index is 2.37. The highest BCUT2D eigenvalue weighted by Crippen LogP contribution is 2.09. The fraction of sp³-hybridized carbons (Fsp3) is 0.385. The van der Waals surface area contributed by atoms with Gasteiger partial charge in [-0.3, -0.25) is 4.79 Å². The molecule has 0 saturated carbocycles. The number of carbonyl (C=O) groups excluding carboxylic acids is 1. The summed E-state index contributed by atoms with van der Waals surface area (Å²) in [6.07, 6.45) is 1.83. The lowest BCUT2D eigenvalue weighted by atomic mass is 10.1. The van der Waals surface area contributed by atoms with Crippen LogP contribution >= 0.6 is 0 Å². The van der Waals surface area contributed by atoms with Crippen molar-refractivity contribution >= 4 is 11.7 Å². The second kappa shape index (κ2) is 7.35. The van der Waals surface area contributed by atoms with E-state index >= 15 is 0 Å². The molecule has 0 fully saturated rings. The van der Waals surface area contributed by atoms with Crippen LogP contribution in [-0.4, -0.2) is 23.5 Å². The predicted octanol–water partition coefficient (Wildman–Crippen LogP) is 1.78. The molecule has 1 aromatic rings. The minimum atomic E-state index is -0.528. The van der Waals surface area contributed by atoms with Crippen molar-refractivity contribution in [3.05, 3.63) is 35.1 Å². The SMILES string of the molecule is Cc1ccc(F)c(C(=O)NCCCCC(N)=NO)c1. The highest BCUT2D eigenvalue weighted by Gasteiger charge is 2.10. The molecule has 19 heavy (non-hydrogen) atoms. The highest BCUT2D eigenvalue weighted by molar-refractivity contribution is 5.94. The average molecular weight is 267 g/mol. The Kier molecular flexibility index (Phi) is 5.78. The minimum Gasteiger partial charge on any atom is -0.409 e. The van der Waals surface area contributed by atoms with Gasteiger partial charge in [0.25, 0.3) is 5.91 Å².